The molecule has 7 nitrogen and oxygen atoms in total. The van der Waals surface area contributed by atoms with E-state index < -0.39 is 11.6 Å². The van der Waals surface area contributed by atoms with Gasteiger partial charge in [0, 0.05) is 5.38 Å². The first-order chi connectivity index (χ1) is 13.5. The van der Waals surface area contributed by atoms with Crippen molar-refractivity contribution in [1.29, 1.82) is 0 Å². The number of nitrogens with zero attached hydrogens (tertiary/aromatic N) is 3. The highest BCUT2D eigenvalue weighted by Crippen LogP contribution is 2.34. The molecule has 8 heteroatoms. The molecule has 28 heavy (non-hydrogen) atoms. The number of rotatable bonds is 4. The van der Waals surface area contributed by atoms with E-state index >= 15 is 0 Å². The topological polar surface area (TPSA) is 82.6 Å². The summed E-state index contributed by atoms with van der Waals surface area (Å²) in [5.41, 5.74) is 0.636. The number of carbonyl (C=O) groups is 3. The summed E-state index contributed by atoms with van der Waals surface area (Å²) in [6, 6.07) is 8.67. The van der Waals surface area contributed by atoms with Crippen LogP contribution in [-0.4, -0.2) is 39.8 Å². The Bertz CT molecular complexity index is 905. The van der Waals surface area contributed by atoms with E-state index in [0.29, 0.717) is 23.7 Å². The van der Waals surface area contributed by atoms with Crippen LogP contribution in [0.4, 0.5) is 15.6 Å². The first kappa shape index (κ1) is 18.6. The Balaban J connectivity index is 1.60. The molecule has 2 fully saturated rings. The molecule has 2 heterocycles. The zero-order chi connectivity index (χ0) is 19.7. The van der Waals surface area contributed by atoms with Crippen molar-refractivity contribution in [2.75, 3.05) is 11.4 Å². The van der Waals surface area contributed by atoms with Crippen molar-refractivity contribution in [2.45, 2.75) is 44.6 Å². The second-order valence-corrected chi connectivity index (χ2v) is 8.14. The lowest BCUT2D eigenvalue weighted by molar-refractivity contribution is -0.135. The van der Waals surface area contributed by atoms with Gasteiger partial charge in [0.2, 0.25) is 0 Å². The maximum atomic E-state index is 13.2. The number of amides is 4. The van der Waals surface area contributed by atoms with E-state index in [1.165, 1.54) is 16.2 Å². The molecule has 1 aliphatic carbocycles. The molecule has 0 radical (unpaired) electrons. The fraction of sp³-hybridized carbons (Fsp3) is 0.400. The molecule has 1 spiro atoms. The van der Waals surface area contributed by atoms with Crippen molar-refractivity contribution < 1.29 is 14.4 Å². The predicted octanol–water partition coefficient (Wildman–Crippen LogP) is 3.37. The Hall–Kier alpha value is -2.74. The van der Waals surface area contributed by atoms with Gasteiger partial charge in [-0.25, -0.2) is 9.78 Å². The van der Waals surface area contributed by atoms with Gasteiger partial charge in [-0.2, -0.15) is 0 Å². The summed E-state index contributed by atoms with van der Waals surface area (Å²) < 4.78 is 0. The van der Waals surface area contributed by atoms with Gasteiger partial charge < -0.3 is 5.32 Å². The third-order valence-corrected chi connectivity index (χ3v) is 6.25. The normalized spacial score (nSPS) is 18.4. The van der Waals surface area contributed by atoms with E-state index in [2.05, 4.69) is 10.3 Å². The quantitative estimate of drug-likeness (QED) is 0.801. The Labute approximate surface area is 167 Å². The first-order valence-electron chi connectivity index (χ1n) is 9.44. The van der Waals surface area contributed by atoms with Gasteiger partial charge in [-0.3, -0.25) is 19.4 Å². The third kappa shape index (κ3) is 3.28. The highest BCUT2D eigenvalue weighted by atomic mass is 32.1. The van der Waals surface area contributed by atoms with Gasteiger partial charge in [-0.05, 0) is 31.9 Å². The van der Waals surface area contributed by atoms with Crippen molar-refractivity contribution >= 4 is 40.0 Å². The molecule has 1 aromatic heterocycles. The number of hydrogen-bond donors (Lipinski definition) is 1. The van der Waals surface area contributed by atoms with Crippen LogP contribution in [-0.2, 0) is 9.59 Å². The second-order valence-electron chi connectivity index (χ2n) is 7.30. The van der Waals surface area contributed by atoms with Gasteiger partial charge in [0.1, 0.15) is 12.1 Å². The van der Waals surface area contributed by atoms with Crippen molar-refractivity contribution in [3.05, 3.63) is 41.4 Å². The molecule has 1 saturated heterocycles. The number of nitrogens with one attached hydrogen (secondary N) is 1. The molecule has 1 aromatic carbocycles. The van der Waals surface area contributed by atoms with Crippen LogP contribution in [0.5, 0.6) is 0 Å². The maximum absolute atomic E-state index is 13.2. The number of imide groups is 1. The fourth-order valence-corrected chi connectivity index (χ4v) is 4.74. The summed E-state index contributed by atoms with van der Waals surface area (Å²) in [5, 5.41) is 5.24. The molecule has 0 unspecified atom stereocenters. The number of urea groups is 1. The molecule has 1 N–H and O–H groups in total. The maximum Gasteiger partial charge on any atom is 0.325 e. The summed E-state index contributed by atoms with van der Waals surface area (Å²) in [6.45, 7) is 1.55. The van der Waals surface area contributed by atoms with E-state index in [0.717, 1.165) is 29.9 Å². The lowest BCUT2D eigenvalue weighted by atomic mass is 9.82. The molecule has 0 bridgehead atoms. The zero-order valence-electron chi connectivity index (χ0n) is 15.7. The van der Waals surface area contributed by atoms with E-state index in [1.807, 2.05) is 42.6 Å². The molecular formula is C20H22N4O3S. The molecule has 1 aliphatic heterocycles. The molecule has 2 aromatic rings. The molecular weight excluding hydrogens is 376 g/mol. The Morgan fingerprint density at radius 2 is 1.93 bits per heavy atom. The van der Waals surface area contributed by atoms with Gasteiger partial charge in [0.15, 0.2) is 5.13 Å². The number of para-hydroxylation sites is 1. The smallest absolute Gasteiger partial charge is 0.323 e. The molecule has 146 valence electrons. The molecule has 4 amide bonds. The highest BCUT2D eigenvalue weighted by molar-refractivity contribution is 7.14. The Morgan fingerprint density at radius 3 is 2.57 bits per heavy atom. The van der Waals surface area contributed by atoms with Gasteiger partial charge in [-0.15, -0.1) is 11.3 Å². The largest absolute Gasteiger partial charge is 0.325 e. The minimum absolute atomic E-state index is 0.283. The summed E-state index contributed by atoms with van der Waals surface area (Å²) in [6.07, 6.45) is 4.15. The minimum atomic E-state index is -0.828. The summed E-state index contributed by atoms with van der Waals surface area (Å²) in [7, 11) is 0. The fourth-order valence-electron chi connectivity index (χ4n) is 3.90. The SMILES string of the molecule is Cc1csc(N(C(=O)CN2C(=O)NC3(CCCCC3)C2=O)c2ccccc2)n1. The van der Waals surface area contributed by atoms with Crippen LogP contribution < -0.4 is 10.2 Å². The van der Waals surface area contributed by atoms with E-state index in [4.69, 9.17) is 0 Å². The number of aromatic nitrogens is 1. The number of thiazole rings is 1. The van der Waals surface area contributed by atoms with Crippen LogP contribution in [0.15, 0.2) is 35.7 Å². The first-order valence-corrected chi connectivity index (χ1v) is 10.3. The molecule has 2 aliphatic rings. The van der Waals surface area contributed by atoms with Gasteiger partial charge in [0.05, 0.1) is 11.4 Å². The monoisotopic (exact) mass is 398 g/mol. The third-order valence-electron chi connectivity index (χ3n) is 5.31. The summed E-state index contributed by atoms with van der Waals surface area (Å²) in [4.78, 5) is 45.6. The van der Waals surface area contributed by atoms with Crippen LogP contribution in [0, 0.1) is 6.92 Å². The van der Waals surface area contributed by atoms with Crippen LogP contribution >= 0.6 is 11.3 Å². The summed E-state index contributed by atoms with van der Waals surface area (Å²) >= 11 is 1.35. The van der Waals surface area contributed by atoms with E-state index in [-0.39, 0.29) is 18.4 Å². The average molecular weight is 398 g/mol. The number of aryl methyl sites for hydroxylation is 1. The lowest BCUT2D eigenvalue weighted by Crippen LogP contribution is -2.49. The van der Waals surface area contributed by atoms with Crippen LogP contribution in [0.25, 0.3) is 0 Å². The standard InChI is InChI=1S/C20H22N4O3S/c1-14-13-28-19(21-14)24(15-8-4-2-5-9-15)16(25)12-23-17(26)20(22-18(23)27)10-6-3-7-11-20/h2,4-5,8-9,13H,3,6-7,10-12H2,1H3,(H,22,27). The molecule has 1 saturated carbocycles. The lowest BCUT2D eigenvalue weighted by Gasteiger charge is -2.30. The number of carbonyl (C=O) groups excluding carboxylic acids is 3. The Morgan fingerprint density at radius 1 is 1.21 bits per heavy atom. The summed E-state index contributed by atoms with van der Waals surface area (Å²) in [5.74, 6) is -0.647. The van der Waals surface area contributed by atoms with Crippen molar-refractivity contribution in [2.24, 2.45) is 0 Å². The van der Waals surface area contributed by atoms with Gasteiger partial charge >= 0.3 is 6.03 Å². The number of hydrogen-bond acceptors (Lipinski definition) is 5. The number of benzene rings is 1. The Kier molecular flexibility index (Phi) is 4.89. The van der Waals surface area contributed by atoms with Crippen LogP contribution in [0.1, 0.15) is 37.8 Å². The predicted molar refractivity (Wildman–Crippen MR) is 106 cm³/mol. The number of anilines is 2. The average Bonchev–Trinajstić information content (AvgIpc) is 3.21. The van der Waals surface area contributed by atoms with E-state index in [9.17, 15) is 14.4 Å². The van der Waals surface area contributed by atoms with Crippen molar-refractivity contribution in [3.8, 4) is 0 Å². The molecule has 0 atom stereocenters. The zero-order valence-corrected chi connectivity index (χ0v) is 16.5. The van der Waals surface area contributed by atoms with Crippen LogP contribution in [0.2, 0.25) is 0 Å². The van der Waals surface area contributed by atoms with Crippen molar-refractivity contribution in [3.63, 3.8) is 0 Å². The van der Waals surface area contributed by atoms with Crippen molar-refractivity contribution in [1.82, 2.24) is 15.2 Å². The second kappa shape index (κ2) is 7.35. The van der Waals surface area contributed by atoms with Crippen LogP contribution in [0.3, 0.4) is 0 Å². The van der Waals surface area contributed by atoms with Gasteiger partial charge in [-0.1, -0.05) is 37.5 Å². The minimum Gasteiger partial charge on any atom is -0.323 e. The molecule has 4 rings (SSSR count). The van der Waals surface area contributed by atoms with Gasteiger partial charge in [0.25, 0.3) is 11.8 Å². The highest BCUT2D eigenvalue weighted by Gasteiger charge is 2.51. The van der Waals surface area contributed by atoms with E-state index in [1.54, 1.807) is 0 Å².